The van der Waals surface area contributed by atoms with Crippen LogP contribution >= 0.6 is 0 Å². The molecule has 0 bridgehead atoms. The van der Waals surface area contributed by atoms with Crippen molar-refractivity contribution >= 4 is 17.9 Å². The molecule has 4 heterocycles. The van der Waals surface area contributed by atoms with Gasteiger partial charge < -0.3 is 39.6 Å². The van der Waals surface area contributed by atoms with Crippen LogP contribution in [0.5, 0.6) is 0 Å². The number of nitrogens with one attached hydrogen (secondary N) is 2. The summed E-state index contributed by atoms with van der Waals surface area (Å²) in [6.45, 7) is 12.4. The minimum absolute atomic E-state index is 0.00179. The number of hydrogen-bond acceptors (Lipinski definition) is 8. The third kappa shape index (κ3) is 10.4. The van der Waals surface area contributed by atoms with E-state index in [0.717, 1.165) is 50.8 Å². The van der Waals surface area contributed by atoms with Crippen LogP contribution in [-0.2, 0) is 28.5 Å². The molecule has 0 aromatic carbocycles. The monoisotopic (exact) mass is 645 g/mol. The van der Waals surface area contributed by atoms with E-state index in [0.29, 0.717) is 26.0 Å². The van der Waals surface area contributed by atoms with E-state index in [1.165, 1.54) is 6.08 Å². The Morgan fingerprint density at radius 1 is 1.13 bits per heavy atom. The first-order valence-corrected chi connectivity index (χ1v) is 17.2. The maximum Gasteiger partial charge on any atom is 0.410 e. The molecule has 0 aromatic heterocycles. The van der Waals surface area contributed by atoms with Gasteiger partial charge in [-0.05, 0) is 71.3 Å². The fourth-order valence-corrected chi connectivity index (χ4v) is 6.48. The van der Waals surface area contributed by atoms with Gasteiger partial charge in [0.05, 0.1) is 37.4 Å². The largest absolute Gasteiger partial charge is 0.442 e. The lowest BCUT2D eigenvalue weighted by molar-refractivity contribution is -0.145. The summed E-state index contributed by atoms with van der Waals surface area (Å²) >= 11 is 0. The first kappa shape index (κ1) is 36.1. The van der Waals surface area contributed by atoms with Crippen molar-refractivity contribution in [2.24, 2.45) is 5.92 Å². The number of likely N-dealkylation sites (tertiary alicyclic amines) is 1. The van der Waals surface area contributed by atoms with Crippen molar-refractivity contribution in [2.45, 2.75) is 134 Å². The summed E-state index contributed by atoms with van der Waals surface area (Å²) in [5.41, 5.74) is 0.394. The highest BCUT2D eigenvalue weighted by atomic mass is 16.6. The van der Waals surface area contributed by atoms with Gasteiger partial charge in [0.1, 0.15) is 23.9 Å². The minimum atomic E-state index is -0.783. The molecule has 0 aromatic rings. The van der Waals surface area contributed by atoms with Crippen LogP contribution in [0.25, 0.3) is 0 Å². The number of rotatable bonds is 12. The zero-order valence-corrected chi connectivity index (χ0v) is 28.2. The Kier molecular flexibility index (Phi) is 13.3. The second-order valence-corrected chi connectivity index (χ2v) is 13.5. The molecule has 0 saturated carbocycles. The lowest BCUT2D eigenvalue weighted by Gasteiger charge is -2.39. The van der Waals surface area contributed by atoms with E-state index >= 15 is 0 Å². The van der Waals surface area contributed by atoms with Crippen LogP contribution in [0.3, 0.4) is 0 Å². The van der Waals surface area contributed by atoms with Crippen molar-refractivity contribution in [3.05, 3.63) is 36.0 Å². The van der Waals surface area contributed by atoms with Gasteiger partial charge in [-0.3, -0.25) is 9.59 Å². The van der Waals surface area contributed by atoms with E-state index in [1.54, 1.807) is 17.9 Å². The lowest BCUT2D eigenvalue weighted by atomic mass is 9.87. The number of ether oxygens (including phenoxy) is 4. The van der Waals surface area contributed by atoms with Gasteiger partial charge in [-0.2, -0.15) is 0 Å². The van der Waals surface area contributed by atoms with E-state index < -0.39 is 23.9 Å². The third-order valence-electron chi connectivity index (χ3n) is 9.46. The van der Waals surface area contributed by atoms with Crippen LogP contribution in [0.2, 0.25) is 0 Å². The summed E-state index contributed by atoms with van der Waals surface area (Å²) in [5, 5.41) is 16.8. The van der Waals surface area contributed by atoms with E-state index in [9.17, 15) is 19.5 Å². The molecule has 0 aliphatic carbocycles. The predicted molar refractivity (Wildman–Crippen MR) is 174 cm³/mol. The Bertz CT molecular complexity index is 1130. The Balaban J connectivity index is 1.21. The van der Waals surface area contributed by atoms with Gasteiger partial charge in [-0.15, -0.1) is 0 Å². The topological polar surface area (TPSA) is 139 Å². The first-order valence-electron chi connectivity index (χ1n) is 17.2. The number of amides is 3. The van der Waals surface area contributed by atoms with E-state index in [2.05, 4.69) is 23.6 Å². The zero-order valence-electron chi connectivity index (χ0n) is 28.2. The van der Waals surface area contributed by atoms with Gasteiger partial charge >= 0.3 is 6.09 Å². The standard InChI is InChI=1S/C35H55N3O8/c1-6-16-36-32(40)20-27-21-35(22-43-35)33(41)30(46-27)14-11-23(2)10-13-29-24(3)19-28(26(5)45-29)37-31(39)15-12-25(4)44-34(42)38-17-8-7-9-18-38/h10-12,14-15,24-30,33,41H,6-9,13,16-22H2,1-5H3,(H,36,40)(H,37,39). The molecule has 1 spiro atoms. The van der Waals surface area contributed by atoms with Gasteiger partial charge in [0.15, 0.2) is 0 Å². The highest BCUT2D eigenvalue weighted by Gasteiger charge is 2.58. The molecule has 3 N–H and O–H groups in total. The van der Waals surface area contributed by atoms with Crippen molar-refractivity contribution in [2.75, 3.05) is 26.2 Å². The second kappa shape index (κ2) is 16.9. The number of piperidine rings is 1. The van der Waals surface area contributed by atoms with Gasteiger partial charge in [0, 0.05) is 32.1 Å². The molecular formula is C35H55N3O8. The Hall–Kier alpha value is -2.73. The van der Waals surface area contributed by atoms with Gasteiger partial charge in [-0.1, -0.05) is 37.6 Å². The van der Waals surface area contributed by atoms with E-state index in [4.69, 9.17) is 18.9 Å². The van der Waals surface area contributed by atoms with Crippen molar-refractivity contribution in [1.29, 1.82) is 0 Å². The summed E-state index contributed by atoms with van der Waals surface area (Å²) in [4.78, 5) is 39.0. The first-order chi connectivity index (χ1) is 22.0. The zero-order chi connectivity index (χ0) is 33.3. The minimum Gasteiger partial charge on any atom is -0.442 e. The molecule has 4 fully saturated rings. The molecule has 9 atom stereocenters. The Morgan fingerprint density at radius 2 is 1.87 bits per heavy atom. The lowest BCUT2D eigenvalue weighted by Crippen LogP contribution is -2.50. The van der Waals surface area contributed by atoms with Crippen molar-refractivity contribution in [1.82, 2.24) is 15.5 Å². The summed E-state index contributed by atoms with van der Waals surface area (Å²) in [6, 6.07) is -0.126. The molecule has 3 amide bonds. The number of hydrogen-bond donors (Lipinski definition) is 3. The summed E-state index contributed by atoms with van der Waals surface area (Å²) < 4.78 is 23.6. The fraction of sp³-hybridized carbons (Fsp3) is 0.743. The molecule has 46 heavy (non-hydrogen) atoms. The maximum atomic E-state index is 12.7. The summed E-state index contributed by atoms with van der Waals surface area (Å²) in [7, 11) is 0. The average molecular weight is 646 g/mol. The molecule has 4 rings (SSSR count). The quantitative estimate of drug-likeness (QED) is 0.165. The van der Waals surface area contributed by atoms with Gasteiger partial charge in [-0.25, -0.2) is 4.79 Å². The second-order valence-electron chi connectivity index (χ2n) is 13.5. The van der Waals surface area contributed by atoms with E-state index in [1.807, 2.05) is 32.9 Å². The number of aliphatic hydroxyl groups is 1. The molecule has 0 radical (unpaired) electrons. The Morgan fingerprint density at radius 3 is 2.57 bits per heavy atom. The van der Waals surface area contributed by atoms with E-state index in [-0.39, 0.29) is 54.6 Å². The number of carbonyl (C=O) groups is 3. The van der Waals surface area contributed by atoms with Crippen LogP contribution in [0.4, 0.5) is 4.79 Å². The number of allylic oxidation sites excluding steroid dienone is 2. The molecule has 258 valence electrons. The highest BCUT2D eigenvalue weighted by molar-refractivity contribution is 5.87. The fourth-order valence-electron chi connectivity index (χ4n) is 6.48. The summed E-state index contributed by atoms with van der Waals surface area (Å²) in [6.07, 6.45) is 12.6. The normalized spacial score (nSPS) is 34.1. The number of nitrogens with zero attached hydrogens (tertiary/aromatic N) is 1. The van der Waals surface area contributed by atoms with Gasteiger partial charge in [0.25, 0.3) is 0 Å². The number of carbonyl (C=O) groups excluding carboxylic acids is 3. The van der Waals surface area contributed by atoms with Crippen LogP contribution in [0, 0.1) is 5.92 Å². The highest BCUT2D eigenvalue weighted by Crippen LogP contribution is 2.43. The molecule has 9 unspecified atom stereocenters. The van der Waals surface area contributed by atoms with Crippen molar-refractivity contribution in [3.63, 3.8) is 0 Å². The number of epoxide rings is 1. The average Bonchev–Trinajstić information content (AvgIpc) is 3.81. The van der Waals surface area contributed by atoms with Crippen LogP contribution < -0.4 is 10.6 Å². The molecule has 4 saturated heterocycles. The van der Waals surface area contributed by atoms with Crippen LogP contribution in [-0.4, -0.2) is 102 Å². The molecule has 11 heteroatoms. The molecule has 4 aliphatic rings. The third-order valence-corrected chi connectivity index (χ3v) is 9.46. The van der Waals surface area contributed by atoms with Crippen molar-refractivity contribution in [3.8, 4) is 0 Å². The molecule has 4 aliphatic heterocycles. The molecular weight excluding hydrogens is 590 g/mol. The van der Waals surface area contributed by atoms with Crippen LogP contribution in [0.1, 0.15) is 86.0 Å². The number of aliphatic hydroxyl groups excluding tert-OH is 1. The van der Waals surface area contributed by atoms with Crippen LogP contribution in [0.15, 0.2) is 36.0 Å². The molecule has 11 nitrogen and oxygen atoms in total. The Labute approximate surface area is 274 Å². The smallest absolute Gasteiger partial charge is 0.410 e. The maximum absolute atomic E-state index is 12.7. The van der Waals surface area contributed by atoms with Crippen molar-refractivity contribution < 1.29 is 38.4 Å². The van der Waals surface area contributed by atoms with Gasteiger partial charge in [0.2, 0.25) is 11.8 Å². The predicted octanol–water partition coefficient (Wildman–Crippen LogP) is 3.95. The summed E-state index contributed by atoms with van der Waals surface area (Å²) in [5.74, 6) is -0.0625. The SMILES string of the molecule is CCCNC(=O)CC1CC2(CO2)C(O)C(C=CC(C)=CCC2OC(C)C(NC(=O)C=CC(C)OC(=O)N3CCCCC3)CC2C)O1.